The number of urea groups is 1. The van der Waals surface area contributed by atoms with E-state index < -0.39 is 17.9 Å². The Labute approximate surface area is 150 Å². The van der Waals surface area contributed by atoms with Gasteiger partial charge in [-0.25, -0.2) is 14.2 Å². The molecule has 0 saturated heterocycles. The fourth-order valence-electron chi connectivity index (χ4n) is 2.71. The molecule has 6 nitrogen and oxygen atoms in total. The van der Waals surface area contributed by atoms with Crippen LogP contribution >= 0.6 is 0 Å². The molecule has 26 heavy (non-hydrogen) atoms. The maximum atomic E-state index is 13.3. The third kappa shape index (κ3) is 3.83. The summed E-state index contributed by atoms with van der Waals surface area (Å²) in [6.07, 6.45) is 3.45. The van der Waals surface area contributed by atoms with E-state index in [1.807, 2.05) is 35.9 Å². The minimum Gasteiger partial charge on any atom is -0.496 e. The monoisotopic (exact) mass is 354 g/mol. The summed E-state index contributed by atoms with van der Waals surface area (Å²) < 4.78 is 20.6. The number of hydrogen-bond donors (Lipinski definition) is 2. The number of ether oxygens (including phenoxy) is 1. The summed E-state index contributed by atoms with van der Waals surface area (Å²) in [6.45, 7) is 0. The van der Waals surface area contributed by atoms with Gasteiger partial charge in [-0.05, 0) is 24.3 Å². The molecule has 0 fully saturated rings. The van der Waals surface area contributed by atoms with Crippen molar-refractivity contribution in [2.75, 3.05) is 12.4 Å². The Kier molecular flexibility index (Phi) is 5.17. The number of carbonyl (C=O) groups excluding carboxylic acids is 1. The van der Waals surface area contributed by atoms with Gasteiger partial charge in [0, 0.05) is 30.7 Å². The number of nitrogens with zero attached hydrogens (tertiary/aromatic N) is 2. The molecular weight excluding hydrogens is 335 g/mol. The molecule has 0 radical (unpaired) electrons. The zero-order valence-electron chi connectivity index (χ0n) is 14.4. The highest BCUT2D eigenvalue weighted by Crippen LogP contribution is 2.29. The third-order valence-corrected chi connectivity index (χ3v) is 3.92. The van der Waals surface area contributed by atoms with Gasteiger partial charge in [0.15, 0.2) is 0 Å². The number of methoxy groups -OCH3 is 1. The standard InChI is InChI=1S/C19H19FN4O2/c1-24-11-10-21-18(24)17(15-8-3-4-9-16(15)26-2)23-19(25)22-14-7-5-6-13(20)12-14/h3-12,17H,1-2H3,(H2,22,23,25). The molecule has 134 valence electrons. The fourth-order valence-corrected chi connectivity index (χ4v) is 2.71. The smallest absolute Gasteiger partial charge is 0.320 e. The largest absolute Gasteiger partial charge is 0.496 e. The summed E-state index contributed by atoms with van der Waals surface area (Å²) in [7, 11) is 3.41. The van der Waals surface area contributed by atoms with Crippen molar-refractivity contribution in [1.29, 1.82) is 0 Å². The molecule has 1 atom stereocenters. The Morgan fingerprint density at radius 2 is 2.04 bits per heavy atom. The first-order chi connectivity index (χ1) is 12.6. The van der Waals surface area contributed by atoms with Crippen molar-refractivity contribution < 1.29 is 13.9 Å². The normalized spacial score (nSPS) is 11.7. The highest BCUT2D eigenvalue weighted by molar-refractivity contribution is 5.89. The van der Waals surface area contributed by atoms with Gasteiger partial charge in [-0.15, -0.1) is 0 Å². The van der Waals surface area contributed by atoms with Crippen molar-refractivity contribution in [2.24, 2.45) is 7.05 Å². The lowest BCUT2D eigenvalue weighted by Gasteiger charge is -2.21. The number of amides is 2. The number of rotatable bonds is 5. The number of halogens is 1. The van der Waals surface area contributed by atoms with Gasteiger partial charge in [-0.1, -0.05) is 24.3 Å². The zero-order valence-corrected chi connectivity index (χ0v) is 14.4. The molecule has 0 saturated carbocycles. The molecule has 1 aromatic heterocycles. The van der Waals surface area contributed by atoms with E-state index in [9.17, 15) is 9.18 Å². The lowest BCUT2D eigenvalue weighted by Crippen LogP contribution is -2.34. The Morgan fingerprint density at radius 3 is 2.73 bits per heavy atom. The predicted octanol–water partition coefficient (Wildman–Crippen LogP) is 3.48. The van der Waals surface area contributed by atoms with Crippen LogP contribution in [0.15, 0.2) is 60.9 Å². The molecule has 3 aromatic rings. The maximum absolute atomic E-state index is 13.3. The lowest BCUT2D eigenvalue weighted by molar-refractivity contribution is 0.249. The van der Waals surface area contributed by atoms with E-state index in [2.05, 4.69) is 15.6 Å². The van der Waals surface area contributed by atoms with E-state index in [1.54, 1.807) is 25.6 Å². The highest BCUT2D eigenvalue weighted by atomic mass is 19.1. The second-order valence-electron chi connectivity index (χ2n) is 5.68. The molecule has 0 spiro atoms. The first kappa shape index (κ1) is 17.5. The van der Waals surface area contributed by atoms with Crippen LogP contribution in [0.3, 0.4) is 0 Å². The maximum Gasteiger partial charge on any atom is 0.320 e. The lowest BCUT2D eigenvalue weighted by atomic mass is 10.0. The van der Waals surface area contributed by atoms with Crippen molar-refractivity contribution in [3.63, 3.8) is 0 Å². The molecule has 2 amide bonds. The Bertz CT molecular complexity index is 910. The second kappa shape index (κ2) is 7.69. The van der Waals surface area contributed by atoms with Crippen molar-refractivity contribution in [3.8, 4) is 5.75 Å². The third-order valence-electron chi connectivity index (χ3n) is 3.92. The van der Waals surface area contributed by atoms with Gasteiger partial charge in [0.1, 0.15) is 23.4 Å². The van der Waals surface area contributed by atoms with Crippen LogP contribution in [0.25, 0.3) is 0 Å². The first-order valence-electron chi connectivity index (χ1n) is 8.01. The number of aryl methyl sites for hydroxylation is 1. The summed E-state index contributed by atoms with van der Waals surface area (Å²) in [5, 5.41) is 5.52. The van der Waals surface area contributed by atoms with Crippen molar-refractivity contribution in [1.82, 2.24) is 14.9 Å². The SMILES string of the molecule is COc1ccccc1C(NC(=O)Nc1cccc(F)c1)c1nccn1C. The minimum atomic E-state index is -0.542. The number of hydrogen-bond acceptors (Lipinski definition) is 3. The van der Waals surface area contributed by atoms with Gasteiger partial charge < -0.3 is 19.9 Å². The average molecular weight is 354 g/mol. The minimum absolute atomic E-state index is 0.362. The summed E-state index contributed by atoms with van der Waals surface area (Å²) in [4.78, 5) is 16.8. The van der Waals surface area contributed by atoms with Gasteiger partial charge >= 0.3 is 6.03 Å². The molecule has 0 aliphatic carbocycles. The van der Waals surface area contributed by atoms with Crippen molar-refractivity contribution in [2.45, 2.75) is 6.04 Å². The Hall–Kier alpha value is -3.35. The summed E-state index contributed by atoms with van der Waals surface area (Å²) in [5.41, 5.74) is 1.12. The van der Waals surface area contributed by atoms with Crippen LogP contribution in [0.1, 0.15) is 17.4 Å². The predicted molar refractivity (Wildman–Crippen MR) is 96.6 cm³/mol. The van der Waals surface area contributed by atoms with E-state index in [1.165, 1.54) is 18.2 Å². The number of carbonyl (C=O) groups is 1. The highest BCUT2D eigenvalue weighted by Gasteiger charge is 2.23. The molecule has 2 aromatic carbocycles. The van der Waals surface area contributed by atoms with Crippen LogP contribution in [-0.2, 0) is 7.05 Å². The molecule has 0 bridgehead atoms. The summed E-state index contributed by atoms with van der Waals surface area (Å²) in [5.74, 6) is 0.851. The van der Waals surface area contributed by atoms with E-state index >= 15 is 0 Å². The van der Waals surface area contributed by atoms with E-state index in [0.717, 1.165) is 5.56 Å². The number of anilines is 1. The molecular formula is C19H19FN4O2. The quantitative estimate of drug-likeness (QED) is 0.737. The fraction of sp³-hybridized carbons (Fsp3) is 0.158. The molecule has 0 aliphatic rings. The summed E-state index contributed by atoms with van der Waals surface area (Å²) in [6, 6.07) is 12.1. The van der Waals surface area contributed by atoms with Crippen LogP contribution in [0.4, 0.5) is 14.9 Å². The van der Waals surface area contributed by atoms with Gasteiger partial charge in [-0.2, -0.15) is 0 Å². The van der Waals surface area contributed by atoms with Gasteiger partial charge in [0.05, 0.1) is 7.11 Å². The van der Waals surface area contributed by atoms with Gasteiger partial charge in [0.2, 0.25) is 0 Å². The van der Waals surface area contributed by atoms with Crippen LogP contribution in [0, 0.1) is 5.82 Å². The average Bonchev–Trinajstić information content (AvgIpc) is 3.05. The molecule has 0 aliphatic heterocycles. The van der Waals surface area contributed by atoms with Crippen LogP contribution < -0.4 is 15.4 Å². The summed E-state index contributed by atoms with van der Waals surface area (Å²) >= 11 is 0. The first-order valence-corrected chi connectivity index (χ1v) is 8.01. The second-order valence-corrected chi connectivity index (χ2v) is 5.68. The number of para-hydroxylation sites is 1. The van der Waals surface area contributed by atoms with Gasteiger partial charge in [0.25, 0.3) is 0 Å². The Morgan fingerprint density at radius 1 is 1.23 bits per heavy atom. The number of nitrogens with one attached hydrogen (secondary N) is 2. The van der Waals surface area contributed by atoms with E-state index in [4.69, 9.17) is 4.74 Å². The van der Waals surface area contributed by atoms with Crippen LogP contribution in [0.2, 0.25) is 0 Å². The number of benzene rings is 2. The zero-order chi connectivity index (χ0) is 18.5. The van der Waals surface area contributed by atoms with Crippen LogP contribution in [-0.4, -0.2) is 22.7 Å². The Balaban J connectivity index is 1.89. The molecule has 3 rings (SSSR count). The van der Waals surface area contributed by atoms with Crippen LogP contribution in [0.5, 0.6) is 5.75 Å². The van der Waals surface area contributed by atoms with E-state index in [-0.39, 0.29) is 0 Å². The number of imidazole rings is 1. The molecule has 1 unspecified atom stereocenters. The van der Waals surface area contributed by atoms with E-state index in [0.29, 0.717) is 17.3 Å². The van der Waals surface area contributed by atoms with Gasteiger partial charge in [-0.3, -0.25) is 0 Å². The molecule has 2 N–H and O–H groups in total. The molecule has 1 heterocycles. The molecule has 7 heteroatoms. The van der Waals surface area contributed by atoms with Crippen molar-refractivity contribution >= 4 is 11.7 Å². The van der Waals surface area contributed by atoms with Crippen molar-refractivity contribution in [3.05, 3.63) is 78.1 Å². The number of aromatic nitrogens is 2. The topological polar surface area (TPSA) is 68.2 Å².